The second-order valence-corrected chi connectivity index (χ2v) is 7.18. The molecule has 26 heavy (non-hydrogen) atoms. The highest BCUT2D eigenvalue weighted by Crippen LogP contribution is 2.29. The first kappa shape index (κ1) is 18.7. The fourth-order valence-corrected chi connectivity index (χ4v) is 3.72. The highest BCUT2D eigenvalue weighted by Gasteiger charge is 2.45. The number of thiol groups is 1. The van der Waals surface area contributed by atoms with Crippen molar-refractivity contribution in [3.05, 3.63) is 35.9 Å². The molecule has 1 aromatic carbocycles. The summed E-state index contributed by atoms with van der Waals surface area (Å²) in [5.74, 6) is -1.79. The van der Waals surface area contributed by atoms with Gasteiger partial charge in [0.1, 0.15) is 18.3 Å². The maximum absolute atomic E-state index is 12.8. The third-order valence-electron chi connectivity index (χ3n) is 4.78. The first-order valence-corrected chi connectivity index (χ1v) is 9.18. The summed E-state index contributed by atoms with van der Waals surface area (Å²) < 4.78 is 5.62. The molecule has 7 nitrogen and oxygen atoms in total. The normalized spacial score (nSPS) is 26.7. The smallest absolute Gasteiger partial charge is 0.326 e. The van der Waals surface area contributed by atoms with Gasteiger partial charge in [0.25, 0.3) is 0 Å². The molecule has 2 N–H and O–H groups in total. The molecule has 1 aromatic rings. The van der Waals surface area contributed by atoms with E-state index in [1.807, 2.05) is 30.3 Å². The molecule has 2 aliphatic heterocycles. The first-order valence-electron chi connectivity index (χ1n) is 8.66. The van der Waals surface area contributed by atoms with Crippen molar-refractivity contribution in [3.8, 4) is 0 Å². The van der Waals surface area contributed by atoms with E-state index in [1.165, 1.54) is 4.90 Å². The average Bonchev–Trinajstić information content (AvgIpc) is 2.99. The lowest BCUT2D eigenvalue weighted by Gasteiger charge is -2.28. The number of carbonyl (C=O) groups is 3. The fraction of sp³-hybridized carbons (Fsp3) is 0.500. The van der Waals surface area contributed by atoms with E-state index in [9.17, 15) is 19.5 Å². The van der Waals surface area contributed by atoms with Gasteiger partial charge < -0.3 is 20.1 Å². The van der Waals surface area contributed by atoms with Crippen LogP contribution in [0.3, 0.4) is 0 Å². The van der Waals surface area contributed by atoms with Gasteiger partial charge in [0.05, 0.1) is 11.9 Å². The summed E-state index contributed by atoms with van der Waals surface area (Å²) in [5, 5.41) is 11.5. The molecule has 0 aromatic heterocycles. The predicted octanol–water partition coefficient (Wildman–Crippen LogP) is 0.834. The molecule has 2 saturated heterocycles. The molecule has 0 spiro atoms. The van der Waals surface area contributed by atoms with Crippen LogP contribution in [0.5, 0.6) is 0 Å². The Labute approximate surface area is 157 Å². The SMILES string of the molecule is O=C(NC1CCOC2CCC(C(=O)O)N2C1=O)C(S)Cc1ccccc1. The number of hydrogen-bond donors (Lipinski definition) is 3. The number of ether oxygens (including phenoxy) is 1. The van der Waals surface area contributed by atoms with Gasteiger partial charge in [-0.2, -0.15) is 12.6 Å². The van der Waals surface area contributed by atoms with Gasteiger partial charge in [-0.1, -0.05) is 30.3 Å². The van der Waals surface area contributed by atoms with Gasteiger partial charge in [0.2, 0.25) is 11.8 Å². The van der Waals surface area contributed by atoms with E-state index in [0.29, 0.717) is 32.3 Å². The van der Waals surface area contributed by atoms with E-state index in [-0.39, 0.29) is 5.91 Å². The summed E-state index contributed by atoms with van der Waals surface area (Å²) >= 11 is 4.36. The van der Waals surface area contributed by atoms with Crippen molar-refractivity contribution >= 4 is 30.4 Å². The minimum absolute atomic E-state index is 0.292. The van der Waals surface area contributed by atoms with Gasteiger partial charge in [-0.15, -0.1) is 0 Å². The Morgan fingerprint density at radius 3 is 2.69 bits per heavy atom. The molecule has 2 heterocycles. The lowest BCUT2D eigenvalue weighted by molar-refractivity contribution is -0.155. The summed E-state index contributed by atoms with van der Waals surface area (Å²) in [4.78, 5) is 37.9. The number of carboxylic acid groups (broad SMARTS) is 1. The van der Waals surface area contributed by atoms with E-state index in [1.54, 1.807) is 0 Å². The summed E-state index contributed by atoms with van der Waals surface area (Å²) in [7, 11) is 0. The number of aliphatic carboxylic acids is 1. The van der Waals surface area contributed by atoms with Crippen LogP contribution in [-0.2, 0) is 25.5 Å². The van der Waals surface area contributed by atoms with Crippen LogP contribution in [0.1, 0.15) is 24.8 Å². The third kappa shape index (κ3) is 4.02. The second kappa shape index (κ2) is 8.09. The van der Waals surface area contributed by atoms with E-state index < -0.39 is 35.4 Å². The van der Waals surface area contributed by atoms with E-state index in [4.69, 9.17) is 4.74 Å². The van der Waals surface area contributed by atoms with Crippen LogP contribution in [0, 0.1) is 0 Å². The number of carbonyl (C=O) groups excluding carboxylic acids is 2. The van der Waals surface area contributed by atoms with Crippen LogP contribution in [-0.4, -0.2) is 58.0 Å². The maximum atomic E-state index is 12.8. The Kier molecular flexibility index (Phi) is 5.83. The number of benzene rings is 1. The van der Waals surface area contributed by atoms with Crippen molar-refractivity contribution in [2.75, 3.05) is 6.61 Å². The second-order valence-electron chi connectivity index (χ2n) is 6.56. The Balaban J connectivity index is 1.65. The molecule has 3 rings (SSSR count). The van der Waals surface area contributed by atoms with Gasteiger partial charge in [-0.25, -0.2) is 4.79 Å². The lowest BCUT2D eigenvalue weighted by Crippen LogP contribution is -2.53. The Morgan fingerprint density at radius 2 is 2.00 bits per heavy atom. The molecule has 4 unspecified atom stereocenters. The van der Waals surface area contributed by atoms with Gasteiger partial charge in [0.15, 0.2) is 0 Å². The van der Waals surface area contributed by atoms with E-state index >= 15 is 0 Å². The quantitative estimate of drug-likeness (QED) is 0.660. The van der Waals surface area contributed by atoms with Crippen molar-refractivity contribution in [2.24, 2.45) is 0 Å². The molecule has 0 saturated carbocycles. The highest BCUT2D eigenvalue weighted by atomic mass is 32.1. The monoisotopic (exact) mass is 378 g/mol. The van der Waals surface area contributed by atoms with E-state index in [2.05, 4.69) is 17.9 Å². The van der Waals surface area contributed by atoms with Gasteiger partial charge >= 0.3 is 5.97 Å². The lowest BCUT2D eigenvalue weighted by atomic mass is 10.1. The Bertz CT molecular complexity index is 683. The molecular formula is C18H22N2O5S. The molecule has 2 amide bonds. The van der Waals surface area contributed by atoms with Crippen molar-refractivity contribution in [1.29, 1.82) is 0 Å². The van der Waals surface area contributed by atoms with Crippen molar-refractivity contribution in [1.82, 2.24) is 10.2 Å². The number of amides is 2. The highest BCUT2D eigenvalue weighted by molar-refractivity contribution is 7.81. The third-order valence-corrected chi connectivity index (χ3v) is 5.20. The predicted molar refractivity (Wildman–Crippen MR) is 96.7 cm³/mol. The number of fused-ring (bicyclic) bond motifs is 1. The summed E-state index contributed by atoms with van der Waals surface area (Å²) in [6.45, 7) is 0.292. The molecule has 8 heteroatoms. The van der Waals surface area contributed by atoms with E-state index in [0.717, 1.165) is 5.56 Å². The Morgan fingerprint density at radius 1 is 1.27 bits per heavy atom. The molecule has 0 aliphatic carbocycles. The standard InChI is InChI=1S/C18H22N2O5S/c21-16(14(26)10-11-4-2-1-3-5-11)19-12-8-9-25-15-7-6-13(18(23)24)20(15)17(12)22/h1-5,12-15,26H,6-10H2,(H,19,21)(H,23,24). The average molecular weight is 378 g/mol. The summed E-state index contributed by atoms with van der Waals surface area (Å²) in [5.41, 5.74) is 0.976. The van der Waals surface area contributed by atoms with Gasteiger partial charge in [0, 0.05) is 6.42 Å². The number of rotatable bonds is 5. The van der Waals surface area contributed by atoms with Gasteiger partial charge in [-0.3, -0.25) is 9.59 Å². The van der Waals surface area contributed by atoms with Crippen LogP contribution in [0.15, 0.2) is 30.3 Å². The molecule has 140 valence electrons. The summed E-state index contributed by atoms with van der Waals surface area (Å²) in [6.07, 6.45) is 1.08. The van der Waals surface area contributed by atoms with Gasteiger partial charge in [-0.05, 0) is 24.8 Å². The topological polar surface area (TPSA) is 95.9 Å². The molecule has 2 fully saturated rings. The first-order chi connectivity index (χ1) is 12.5. The van der Waals surface area contributed by atoms with Crippen LogP contribution < -0.4 is 5.32 Å². The molecule has 4 atom stereocenters. The largest absolute Gasteiger partial charge is 0.480 e. The summed E-state index contributed by atoms with van der Waals surface area (Å²) in [6, 6.07) is 7.80. The van der Waals surface area contributed by atoms with Crippen molar-refractivity contribution in [3.63, 3.8) is 0 Å². The maximum Gasteiger partial charge on any atom is 0.326 e. The number of hydrogen-bond acceptors (Lipinski definition) is 5. The number of carboxylic acids is 1. The number of nitrogens with zero attached hydrogens (tertiary/aromatic N) is 1. The minimum Gasteiger partial charge on any atom is -0.480 e. The molecule has 0 radical (unpaired) electrons. The molecule has 2 aliphatic rings. The van der Waals surface area contributed by atoms with Crippen molar-refractivity contribution < 1.29 is 24.2 Å². The zero-order valence-electron chi connectivity index (χ0n) is 14.2. The number of nitrogens with one attached hydrogen (secondary N) is 1. The molecule has 0 bridgehead atoms. The van der Waals surface area contributed by atoms with Crippen LogP contribution in [0.25, 0.3) is 0 Å². The minimum atomic E-state index is -1.05. The fourth-order valence-electron chi connectivity index (χ4n) is 3.44. The van der Waals surface area contributed by atoms with Crippen molar-refractivity contribution in [2.45, 2.75) is 49.2 Å². The van der Waals surface area contributed by atoms with Crippen LogP contribution >= 0.6 is 12.6 Å². The zero-order chi connectivity index (χ0) is 18.7. The van der Waals surface area contributed by atoms with Crippen LogP contribution in [0.4, 0.5) is 0 Å². The Hall–Kier alpha value is -2.06. The molecular weight excluding hydrogens is 356 g/mol. The zero-order valence-corrected chi connectivity index (χ0v) is 15.1. The van der Waals surface area contributed by atoms with Crippen LogP contribution in [0.2, 0.25) is 0 Å².